The maximum atomic E-state index is 13.0. The minimum absolute atomic E-state index is 0.0835. The van der Waals surface area contributed by atoms with Gasteiger partial charge in [0.2, 0.25) is 5.91 Å². The number of imidazole rings is 1. The van der Waals surface area contributed by atoms with E-state index in [4.69, 9.17) is 0 Å². The van der Waals surface area contributed by atoms with Crippen LogP contribution in [0.4, 0.5) is 5.69 Å². The standard InChI is InChI=1S/C18H21N3O/c1-12-4-7-17-13(9-12)3-2-8-21(17)18(22)14-5-6-15-16(10-14)20-11-19-15/h4,7,9,11,14H,2-3,5-6,8,10H2,1H3,(H,19,20). The van der Waals surface area contributed by atoms with E-state index in [1.54, 1.807) is 6.33 Å². The van der Waals surface area contributed by atoms with Crippen LogP contribution in [0, 0.1) is 12.8 Å². The summed E-state index contributed by atoms with van der Waals surface area (Å²) in [5.74, 6) is 0.366. The largest absolute Gasteiger partial charge is 0.348 e. The highest BCUT2D eigenvalue weighted by Crippen LogP contribution is 2.32. The Hall–Kier alpha value is -2.10. The third-order valence-corrected chi connectivity index (χ3v) is 4.96. The first kappa shape index (κ1) is 13.6. The number of nitrogens with zero attached hydrogens (tertiary/aromatic N) is 2. The summed E-state index contributed by atoms with van der Waals surface area (Å²) in [6.45, 7) is 2.96. The van der Waals surface area contributed by atoms with E-state index in [0.29, 0.717) is 0 Å². The van der Waals surface area contributed by atoms with Gasteiger partial charge in [0.1, 0.15) is 0 Å². The normalized spacial score (nSPS) is 20.4. The third-order valence-electron chi connectivity index (χ3n) is 4.96. The monoisotopic (exact) mass is 295 g/mol. The van der Waals surface area contributed by atoms with Crippen LogP contribution in [-0.2, 0) is 24.1 Å². The van der Waals surface area contributed by atoms with E-state index in [0.717, 1.165) is 55.7 Å². The summed E-state index contributed by atoms with van der Waals surface area (Å²) in [7, 11) is 0. The van der Waals surface area contributed by atoms with Crippen molar-refractivity contribution in [3.05, 3.63) is 47.0 Å². The molecule has 0 saturated carbocycles. The van der Waals surface area contributed by atoms with E-state index in [-0.39, 0.29) is 11.8 Å². The van der Waals surface area contributed by atoms with Crippen molar-refractivity contribution in [3.63, 3.8) is 0 Å². The third kappa shape index (κ3) is 2.23. The summed E-state index contributed by atoms with van der Waals surface area (Å²) < 4.78 is 0. The lowest BCUT2D eigenvalue weighted by Gasteiger charge is -2.33. The van der Waals surface area contributed by atoms with Gasteiger partial charge >= 0.3 is 0 Å². The Morgan fingerprint density at radius 3 is 3.18 bits per heavy atom. The lowest BCUT2D eigenvalue weighted by Crippen LogP contribution is -2.41. The van der Waals surface area contributed by atoms with E-state index in [9.17, 15) is 4.79 Å². The number of anilines is 1. The summed E-state index contributed by atoms with van der Waals surface area (Å²) in [4.78, 5) is 22.6. The number of carbonyl (C=O) groups is 1. The summed E-state index contributed by atoms with van der Waals surface area (Å²) >= 11 is 0. The number of rotatable bonds is 1. The molecule has 1 amide bonds. The second kappa shape index (κ2) is 5.27. The van der Waals surface area contributed by atoms with Gasteiger partial charge in [0, 0.05) is 30.3 Å². The lowest BCUT2D eigenvalue weighted by atomic mass is 9.87. The van der Waals surface area contributed by atoms with Gasteiger partial charge < -0.3 is 9.88 Å². The summed E-state index contributed by atoms with van der Waals surface area (Å²) in [5.41, 5.74) is 5.99. The number of aryl methyl sites for hydroxylation is 3. The number of H-pyrrole nitrogens is 1. The number of fused-ring (bicyclic) bond motifs is 2. The first-order valence-electron chi connectivity index (χ1n) is 8.14. The second-order valence-corrected chi connectivity index (χ2v) is 6.49. The van der Waals surface area contributed by atoms with Gasteiger partial charge in [-0.05, 0) is 44.2 Å². The van der Waals surface area contributed by atoms with Crippen LogP contribution < -0.4 is 4.90 Å². The smallest absolute Gasteiger partial charge is 0.230 e. The Kier molecular flexibility index (Phi) is 3.25. The first-order chi connectivity index (χ1) is 10.7. The Morgan fingerprint density at radius 1 is 1.36 bits per heavy atom. The molecule has 4 rings (SSSR count). The first-order valence-corrected chi connectivity index (χ1v) is 8.14. The van der Waals surface area contributed by atoms with Crippen LogP contribution in [0.15, 0.2) is 24.5 Å². The van der Waals surface area contributed by atoms with Crippen LogP contribution in [0.3, 0.4) is 0 Å². The highest BCUT2D eigenvalue weighted by atomic mass is 16.2. The number of aromatic nitrogens is 2. The van der Waals surface area contributed by atoms with E-state index < -0.39 is 0 Å². The number of aromatic amines is 1. The SMILES string of the molecule is Cc1ccc2c(c1)CCCN2C(=O)C1CCc2nc[nH]c2C1. The van der Waals surface area contributed by atoms with Gasteiger partial charge in [-0.3, -0.25) is 4.79 Å². The molecule has 2 aromatic rings. The van der Waals surface area contributed by atoms with Gasteiger partial charge in [-0.25, -0.2) is 4.98 Å². The molecule has 1 aliphatic heterocycles. The number of nitrogens with one attached hydrogen (secondary N) is 1. The van der Waals surface area contributed by atoms with Crippen molar-refractivity contribution in [1.29, 1.82) is 0 Å². The molecular weight excluding hydrogens is 274 g/mol. The van der Waals surface area contributed by atoms with Crippen molar-refractivity contribution >= 4 is 11.6 Å². The molecule has 1 atom stereocenters. The molecule has 1 N–H and O–H groups in total. The number of benzene rings is 1. The minimum atomic E-state index is 0.0835. The van der Waals surface area contributed by atoms with Crippen LogP contribution in [0.25, 0.3) is 0 Å². The van der Waals surface area contributed by atoms with Gasteiger partial charge in [0.25, 0.3) is 0 Å². The van der Waals surface area contributed by atoms with Gasteiger partial charge in [-0.15, -0.1) is 0 Å². The molecule has 1 aliphatic carbocycles. The zero-order valence-corrected chi connectivity index (χ0v) is 12.9. The average Bonchev–Trinajstić information content (AvgIpc) is 3.00. The molecule has 22 heavy (non-hydrogen) atoms. The molecule has 0 bridgehead atoms. The van der Waals surface area contributed by atoms with Gasteiger partial charge in [-0.2, -0.15) is 0 Å². The minimum Gasteiger partial charge on any atom is -0.348 e. The summed E-state index contributed by atoms with van der Waals surface area (Å²) in [5, 5.41) is 0. The predicted octanol–water partition coefficient (Wildman–Crippen LogP) is 2.80. The van der Waals surface area contributed by atoms with Crippen LogP contribution in [-0.4, -0.2) is 22.4 Å². The molecule has 2 aliphatic rings. The molecule has 4 heteroatoms. The van der Waals surface area contributed by atoms with Crippen LogP contribution in [0.1, 0.15) is 35.4 Å². The van der Waals surface area contributed by atoms with Crippen molar-refractivity contribution in [2.45, 2.75) is 39.0 Å². The molecule has 1 aromatic carbocycles. The van der Waals surface area contributed by atoms with Crippen LogP contribution in [0.2, 0.25) is 0 Å². The van der Waals surface area contributed by atoms with Gasteiger partial charge in [-0.1, -0.05) is 17.7 Å². The molecule has 114 valence electrons. The van der Waals surface area contributed by atoms with Crippen molar-refractivity contribution in [2.75, 3.05) is 11.4 Å². The Morgan fingerprint density at radius 2 is 2.27 bits per heavy atom. The fourth-order valence-electron chi connectivity index (χ4n) is 3.79. The zero-order chi connectivity index (χ0) is 15.1. The Bertz CT molecular complexity index is 719. The van der Waals surface area contributed by atoms with Crippen LogP contribution in [0.5, 0.6) is 0 Å². The molecule has 4 nitrogen and oxygen atoms in total. The van der Waals surface area contributed by atoms with Crippen molar-refractivity contribution in [1.82, 2.24) is 9.97 Å². The topological polar surface area (TPSA) is 49.0 Å². The molecular formula is C18H21N3O. The van der Waals surface area contributed by atoms with Crippen molar-refractivity contribution in [3.8, 4) is 0 Å². The molecule has 1 unspecified atom stereocenters. The number of hydrogen-bond acceptors (Lipinski definition) is 2. The molecule has 1 aromatic heterocycles. The average molecular weight is 295 g/mol. The number of hydrogen-bond donors (Lipinski definition) is 1. The number of amides is 1. The van der Waals surface area contributed by atoms with E-state index in [2.05, 4.69) is 35.1 Å². The maximum absolute atomic E-state index is 13.0. The van der Waals surface area contributed by atoms with Crippen LogP contribution >= 0.6 is 0 Å². The van der Waals surface area contributed by atoms with Crippen molar-refractivity contribution in [2.24, 2.45) is 5.92 Å². The van der Waals surface area contributed by atoms with E-state index >= 15 is 0 Å². The highest BCUT2D eigenvalue weighted by molar-refractivity contribution is 5.96. The fourth-order valence-corrected chi connectivity index (χ4v) is 3.79. The molecule has 2 heterocycles. The number of carbonyl (C=O) groups excluding carboxylic acids is 1. The second-order valence-electron chi connectivity index (χ2n) is 6.49. The quantitative estimate of drug-likeness (QED) is 0.879. The zero-order valence-electron chi connectivity index (χ0n) is 12.9. The van der Waals surface area contributed by atoms with E-state index in [1.165, 1.54) is 11.1 Å². The Balaban J connectivity index is 1.60. The molecule has 0 saturated heterocycles. The van der Waals surface area contributed by atoms with Crippen molar-refractivity contribution < 1.29 is 4.79 Å². The fraction of sp³-hybridized carbons (Fsp3) is 0.444. The van der Waals surface area contributed by atoms with Gasteiger partial charge in [0.05, 0.1) is 12.0 Å². The van der Waals surface area contributed by atoms with Gasteiger partial charge in [0.15, 0.2) is 0 Å². The molecule has 0 fully saturated rings. The molecule has 0 spiro atoms. The molecule has 0 radical (unpaired) electrons. The van der Waals surface area contributed by atoms with E-state index in [1.807, 2.05) is 4.90 Å². The predicted molar refractivity (Wildman–Crippen MR) is 86.0 cm³/mol. The summed E-state index contributed by atoms with van der Waals surface area (Å²) in [6, 6.07) is 6.45. The Labute approximate surface area is 130 Å². The highest BCUT2D eigenvalue weighted by Gasteiger charge is 2.32. The summed E-state index contributed by atoms with van der Waals surface area (Å²) in [6.07, 6.45) is 6.50. The lowest BCUT2D eigenvalue weighted by molar-refractivity contribution is -0.122. The maximum Gasteiger partial charge on any atom is 0.230 e.